The lowest BCUT2D eigenvalue weighted by Crippen LogP contribution is -2.32. The molecule has 0 bridgehead atoms. The summed E-state index contributed by atoms with van der Waals surface area (Å²) in [4.78, 5) is 22.9. The Morgan fingerprint density at radius 2 is 2.04 bits per heavy atom. The van der Waals surface area contributed by atoms with Gasteiger partial charge in [0.15, 0.2) is 5.65 Å². The Balaban J connectivity index is 1.71. The van der Waals surface area contributed by atoms with E-state index >= 15 is 0 Å². The molecule has 24 heavy (non-hydrogen) atoms. The first-order chi connectivity index (χ1) is 11.6. The number of hydrogen-bond acceptors (Lipinski definition) is 5. The van der Waals surface area contributed by atoms with Crippen LogP contribution in [-0.4, -0.2) is 42.9 Å². The SMILES string of the molecule is CC(Sc1ncnc2c1cnn2C)C(=O)N(C)Cc1ccccc1. The Morgan fingerprint density at radius 1 is 1.29 bits per heavy atom. The summed E-state index contributed by atoms with van der Waals surface area (Å²) in [6.45, 7) is 2.50. The summed E-state index contributed by atoms with van der Waals surface area (Å²) in [5, 5.41) is 5.62. The van der Waals surface area contributed by atoms with Crippen LogP contribution >= 0.6 is 11.8 Å². The first kappa shape index (κ1) is 16.4. The van der Waals surface area contributed by atoms with Gasteiger partial charge in [-0.3, -0.25) is 9.48 Å². The van der Waals surface area contributed by atoms with Gasteiger partial charge in [0.1, 0.15) is 11.4 Å². The molecule has 124 valence electrons. The smallest absolute Gasteiger partial charge is 0.235 e. The van der Waals surface area contributed by atoms with Gasteiger partial charge >= 0.3 is 0 Å². The lowest BCUT2D eigenvalue weighted by Gasteiger charge is -2.21. The molecular formula is C17H19N5OS. The van der Waals surface area contributed by atoms with Crippen LogP contribution in [0.15, 0.2) is 47.9 Å². The molecule has 0 radical (unpaired) electrons. The number of benzene rings is 1. The van der Waals surface area contributed by atoms with Crippen molar-refractivity contribution < 1.29 is 4.79 Å². The van der Waals surface area contributed by atoms with E-state index in [1.165, 1.54) is 18.1 Å². The van der Waals surface area contributed by atoms with Crippen LogP contribution in [0.1, 0.15) is 12.5 Å². The van der Waals surface area contributed by atoms with Gasteiger partial charge in [-0.15, -0.1) is 0 Å². The summed E-state index contributed by atoms with van der Waals surface area (Å²) < 4.78 is 1.70. The molecule has 2 aromatic heterocycles. The van der Waals surface area contributed by atoms with E-state index in [0.29, 0.717) is 6.54 Å². The number of nitrogens with zero attached hydrogens (tertiary/aromatic N) is 5. The van der Waals surface area contributed by atoms with Gasteiger partial charge in [0, 0.05) is 20.6 Å². The molecule has 1 amide bonds. The number of aryl methyl sites for hydroxylation is 1. The minimum atomic E-state index is -0.239. The molecule has 0 aliphatic carbocycles. The van der Waals surface area contributed by atoms with Crippen molar-refractivity contribution in [3.05, 3.63) is 48.4 Å². The highest BCUT2D eigenvalue weighted by Crippen LogP contribution is 2.28. The highest BCUT2D eigenvalue weighted by atomic mass is 32.2. The van der Waals surface area contributed by atoms with Crippen molar-refractivity contribution in [3.63, 3.8) is 0 Å². The summed E-state index contributed by atoms with van der Waals surface area (Å²) in [6.07, 6.45) is 3.25. The number of amides is 1. The number of thioether (sulfide) groups is 1. The van der Waals surface area contributed by atoms with Crippen LogP contribution in [-0.2, 0) is 18.4 Å². The number of fused-ring (bicyclic) bond motifs is 1. The van der Waals surface area contributed by atoms with Gasteiger partial charge in [-0.1, -0.05) is 42.1 Å². The molecule has 0 aliphatic heterocycles. The van der Waals surface area contributed by atoms with Crippen molar-refractivity contribution in [1.82, 2.24) is 24.6 Å². The second kappa shape index (κ2) is 7.00. The number of hydrogen-bond donors (Lipinski definition) is 0. The van der Waals surface area contributed by atoms with Gasteiger partial charge in [0.25, 0.3) is 0 Å². The highest BCUT2D eigenvalue weighted by Gasteiger charge is 2.21. The Hall–Kier alpha value is -2.41. The fraction of sp³-hybridized carbons (Fsp3) is 0.294. The Morgan fingerprint density at radius 3 is 2.79 bits per heavy atom. The summed E-state index contributed by atoms with van der Waals surface area (Å²) in [5.41, 5.74) is 1.88. The summed E-state index contributed by atoms with van der Waals surface area (Å²) >= 11 is 1.44. The largest absolute Gasteiger partial charge is 0.340 e. The zero-order chi connectivity index (χ0) is 17.1. The Bertz CT molecular complexity index is 849. The average molecular weight is 341 g/mol. The molecule has 0 fully saturated rings. The maximum Gasteiger partial charge on any atom is 0.235 e. The van der Waals surface area contributed by atoms with Crippen molar-refractivity contribution in [2.24, 2.45) is 7.05 Å². The quantitative estimate of drug-likeness (QED) is 0.527. The molecule has 3 rings (SSSR count). The molecule has 0 saturated carbocycles. The van der Waals surface area contributed by atoms with Gasteiger partial charge in [-0.2, -0.15) is 5.10 Å². The van der Waals surface area contributed by atoms with Crippen LogP contribution in [0, 0.1) is 0 Å². The zero-order valence-electron chi connectivity index (χ0n) is 13.9. The summed E-state index contributed by atoms with van der Waals surface area (Å²) in [5.74, 6) is 0.0690. The molecule has 0 spiro atoms. The van der Waals surface area contributed by atoms with Crippen LogP contribution in [0.3, 0.4) is 0 Å². The van der Waals surface area contributed by atoms with Gasteiger partial charge in [-0.25, -0.2) is 9.97 Å². The van der Waals surface area contributed by atoms with Crippen LogP contribution in [0.5, 0.6) is 0 Å². The molecular weight excluding hydrogens is 322 g/mol. The fourth-order valence-electron chi connectivity index (χ4n) is 2.50. The predicted molar refractivity (Wildman–Crippen MR) is 94.5 cm³/mol. The fourth-order valence-corrected chi connectivity index (χ4v) is 3.49. The van der Waals surface area contributed by atoms with E-state index in [9.17, 15) is 4.79 Å². The first-order valence-electron chi connectivity index (χ1n) is 7.64. The first-order valence-corrected chi connectivity index (χ1v) is 8.52. The van der Waals surface area contributed by atoms with E-state index in [2.05, 4.69) is 15.1 Å². The topological polar surface area (TPSA) is 63.9 Å². The second-order valence-electron chi connectivity index (χ2n) is 5.62. The maximum absolute atomic E-state index is 12.6. The van der Waals surface area contributed by atoms with E-state index in [-0.39, 0.29) is 11.2 Å². The minimum absolute atomic E-state index is 0.0690. The normalized spacial score (nSPS) is 12.3. The van der Waals surface area contributed by atoms with Crippen LogP contribution in [0.25, 0.3) is 11.0 Å². The molecule has 1 aromatic carbocycles. The molecule has 0 N–H and O–H groups in total. The third kappa shape index (κ3) is 3.41. The van der Waals surface area contributed by atoms with Gasteiger partial charge in [0.05, 0.1) is 16.8 Å². The van der Waals surface area contributed by atoms with Crippen LogP contribution in [0.2, 0.25) is 0 Å². The average Bonchev–Trinajstić information content (AvgIpc) is 2.97. The molecule has 1 unspecified atom stereocenters. The zero-order valence-corrected chi connectivity index (χ0v) is 14.7. The maximum atomic E-state index is 12.6. The van der Waals surface area contributed by atoms with Crippen LogP contribution < -0.4 is 0 Å². The lowest BCUT2D eigenvalue weighted by molar-refractivity contribution is -0.129. The third-order valence-electron chi connectivity index (χ3n) is 3.77. The van der Waals surface area contributed by atoms with Crippen molar-refractivity contribution in [3.8, 4) is 0 Å². The van der Waals surface area contributed by atoms with E-state index in [1.54, 1.807) is 15.8 Å². The predicted octanol–water partition coefficient (Wildman–Crippen LogP) is 2.50. The van der Waals surface area contributed by atoms with E-state index in [4.69, 9.17) is 0 Å². The van der Waals surface area contributed by atoms with Gasteiger partial charge < -0.3 is 4.90 Å². The molecule has 7 heteroatoms. The standard InChI is InChI=1S/C17H19N5OS/c1-12(17(23)21(2)10-13-7-5-4-6-8-13)24-16-14-9-20-22(3)15(14)18-11-19-16/h4-9,11-12H,10H2,1-3H3. The molecule has 6 nitrogen and oxygen atoms in total. The van der Waals surface area contributed by atoms with E-state index < -0.39 is 0 Å². The third-order valence-corrected chi connectivity index (χ3v) is 4.87. The molecule has 3 aromatic rings. The summed E-state index contributed by atoms with van der Waals surface area (Å²) in [6, 6.07) is 9.96. The van der Waals surface area contributed by atoms with Crippen molar-refractivity contribution in [2.75, 3.05) is 7.05 Å². The van der Waals surface area contributed by atoms with Crippen LogP contribution in [0.4, 0.5) is 0 Å². The van der Waals surface area contributed by atoms with Crippen molar-refractivity contribution in [1.29, 1.82) is 0 Å². The summed E-state index contributed by atoms with van der Waals surface area (Å²) in [7, 11) is 3.66. The van der Waals surface area contributed by atoms with E-state index in [1.807, 2.05) is 51.4 Å². The van der Waals surface area contributed by atoms with Gasteiger partial charge in [-0.05, 0) is 12.5 Å². The number of carbonyl (C=O) groups is 1. The Kier molecular flexibility index (Phi) is 4.80. The highest BCUT2D eigenvalue weighted by molar-refractivity contribution is 8.00. The molecule has 0 aliphatic rings. The number of rotatable bonds is 5. The monoisotopic (exact) mass is 341 g/mol. The van der Waals surface area contributed by atoms with Crippen molar-refractivity contribution >= 4 is 28.7 Å². The molecule has 1 atom stereocenters. The van der Waals surface area contributed by atoms with Crippen molar-refractivity contribution in [2.45, 2.75) is 23.7 Å². The number of carbonyl (C=O) groups excluding carboxylic acids is 1. The molecule has 2 heterocycles. The minimum Gasteiger partial charge on any atom is -0.340 e. The molecule has 0 saturated heterocycles. The second-order valence-corrected chi connectivity index (χ2v) is 6.95. The lowest BCUT2D eigenvalue weighted by atomic mass is 10.2. The van der Waals surface area contributed by atoms with Gasteiger partial charge in [0.2, 0.25) is 5.91 Å². The van der Waals surface area contributed by atoms with E-state index in [0.717, 1.165) is 21.6 Å². The number of aromatic nitrogens is 4. The Labute approximate surface area is 144 Å².